The molecule has 0 N–H and O–H groups in total. The normalized spacial score (nSPS) is 20.3. The summed E-state index contributed by atoms with van der Waals surface area (Å²) in [5.41, 5.74) is 0.738. The van der Waals surface area contributed by atoms with E-state index in [1.807, 2.05) is 29.2 Å². The van der Waals surface area contributed by atoms with Crippen molar-refractivity contribution in [2.75, 3.05) is 44.2 Å². The Labute approximate surface area is 154 Å². The second-order valence-electron chi connectivity index (χ2n) is 6.64. The highest BCUT2D eigenvalue weighted by Gasteiger charge is 2.32. The molecule has 2 aliphatic rings. The van der Waals surface area contributed by atoms with Gasteiger partial charge in [0.25, 0.3) is 5.91 Å². The second kappa shape index (κ2) is 8.24. The van der Waals surface area contributed by atoms with Crippen molar-refractivity contribution in [2.24, 2.45) is 0 Å². The van der Waals surface area contributed by atoms with Gasteiger partial charge in [-0.2, -0.15) is 0 Å². The van der Waals surface area contributed by atoms with E-state index in [1.165, 1.54) is 0 Å². The molecule has 1 saturated heterocycles. The largest absolute Gasteiger partial charge is 0.479 e. The fraction of sp³-hybridized carbons (Fsp3) is 0.500. The number of rotatable bonds is 5. The third kappa shape index (κ3) is 4.00. The zero-order valence-corrected chi connectivity index (χ0v) is 15.2. The predicted octanol–water partition coefficient (Wildman–Crippen LogP) is 1.36. The highest BCUT2D eigenvalue weighted by atomic mass is 16.5. The molecule has 0 unspecified atom stereocenters. The molecule has 1 fully saturated rings. The van der Waals surface area contributed by atoms with Crippen LogP contribution in [0.25, 0.3) is 0 Å². The molecule has 2 amide bonds. The van der Waals surface area contributed by atoms with Crippen LogP contribution in [0, 0.1) is 12.3 Å². The number of hydrogen-bond acceptors (Lipinski definition) is 4. The number of para-hydroxylation sites is 2. The van der Waals surface area contributed by atoms with Crippen molar-refractivity contribution >= 4 is 17.5 Å². The van der Waals surface area contributed by atoms with E-state index in [-0.39, 0.29) is 11.8 Å². The number of amides is 2. The van der Waals surface area contributed by atoms with Crippen molar-refractivity contribution in [3.8, 4) is 18.1 Å². The Hall–Kier alpha value is -2.52. The fourth-order valence-electron chi connectivity index (χ4n) is 3.40. The minimum absolute atomic E-state index is 0.0889. The van der Waals surface area contributed by atoms with Crippen molar-refractivity contribution in [2.45, 2.75) is 25.9 Å². The number of carbonyl (C=O) groups is 2. The zero-order valence-electron chi connectivity index (χ0n) is 15.2. The molecule has 0 saturated carbocycles. The van der Waals surface area contributed by atoms with Crippen LogP contribution in [-0.2, 0) is 9.59 Å². The maximum absolute atomic E-state index is 12.6. The third-order valence-corrected chi connectivity index (χ3v) is 4.92. The number of nitrogens with zero attached hydrogens (tertiary/aromatic N) is 3. The summed E-state index contributed by atoms with van der Waals surface area (Å²) in [6.07, 6.45) is 5.83. The Bertz CT molecular complexity index is 704. The van der Waals surface area contributed by atoms with Gasteiger partial charge in [0.05, 0.1) is 5.69 Å². The molecule has 138 valence electrons. The summed E-state index contributed by atoms with van der Waals surface area (Å²) >= 11 is 0. The van der Waals surface area contributed by atoms with Crippen LogP contribution in [-0.4, -0.2) is 67.0 Å². The van der Waals surface area contributed by atoms with Gasteiger partial charge < -0.3 is 14.5 Å². The topological polar surface area (TPSA) is 53.1 Å². The average Bonchev–Trinajstić information content (AvgIpc) is 2.67. The van der Waals surface area contributed by atoms with Crippen LogP contribution in [0.15, 0.2) is 24.3 Å². The number of terminal acetylenes is 1. The quantitative estimate of drug-likeness (QED) is 0.749. The maximum Gasteiger partial charge on any atom is 0.267 e. The first-order chi connectivity index (χ1) is 12.6. The van der Waals surface area contributed by atoms with Crippen molar-refractivity contribution in [3.05, 3.63) is 24.3 Å². The molecule has 2 heterocycles. The minimum Gasteiger partial charge on any atom is -0.479 e. The highest BCUT2D eigenvalue weighted by Crippen LogP contribution is 2.33. The van der Waals surface area contributed by atoms with Crippen LogP contribution >= 0.6 is 0 Å². The van der Waals surface area contributed by atoms with Gasteiger partial charge in [0, 0.05) is 52.1 Å². The van der Waals surface area contributed by atoms with Crippen LogP contribution in [0.1, 0.15) is 19.8 Å². The SMILES string of the molecule is C#CCCN1CCN(C(=O)CCN2C(=O)[C@H](C)Oc3ccccc32)CC1. The van der Waals surface area contributed by atoms with Gasteiger partial charge in [-0.15, -0.1) is 12.3 Å². The molecule has 0 aromatic heterocycles. The third-order valence-electron chi connectivity index (χ3n) is 4.92. The number of piperazine rings is 1. The van der Waals surface area contributed by atoms with E-state index in [9.17, 15) is 9.59 Å². The molecule has 26 heavy (non-hydrogen) atoms. The Morgan fingerprint density at radius 1 is 1.23 bits per heavy atom. The van der Waals surface area contributed by atoms with Gasteiger partial charge in [-0.3, -0.25) is 14.5 Å². The summed E-state index contributed by atoms with van der Waals surface area (Å²) in [6.45, 7) is 6.13. The summed E-state index contributed by atoms with van der Waals surface area (Å²) in [4.78, 5) is 30.9. The summed E-state index contributed by atoms with van der Waals surface area (Å²) in [5.74, 6) is 3.33. The van der Waals surface area contributed by atoms with E-state index in [2.05, 4.69) is 10.8 Å². The Balaban J connectivity index is 1.55. The summed E-state index contributed by atoms with van der Waals surface area (Å²) in [6, 6.07) is 7.45. The minimum atomic E-state index is -0.528. The van der Waals surface area contributed by atoms with E-state index in [0.717, 1.165) is 31.7 Å². The molecule has 3 rings (SSSR count). The molecular weight excluding hydrogens is 330 g/mol. The Morgan fingerprint density at radius 3 is 2.69 bits per heavy atom. The number of ether oxygens (including phenoxy) is 1. The first-order valence-corrected chi connectivity index (χ1v) is 9.11. The molecule has 0 aliphatic carbocycles. The van der Waals surface area contributed by atoms with Gasteiger partial charge in [-0.1, -0.05) is 12.1 Å². The lowest BCUT2D eigenvalue weighted by Gasteiger charge is -2.36. The smallest absolute Gasteiger partial charge is 0.267 e. The van der Waals surface area contributed by atoms with Crippen LogP contribution in [0.5, 0.6) is 5.75 Å². The first-order valence-electron chi connectivity index (χ1n) is 9.11. The molecule has 1 aromatic carbocycles. The lowest BCUT2D eigenvalue weighted by atomic mass is 10.1. The van der Waals surface area contributed by atoms with E-state index < -0.39 is 6.10 Å². The standard InChI is InChI=1S/C20H25N3O3/c1-3-4-10-21-12-14-22(15-13-21)19(24)9-11-23-17-7-5-6-8-18(17)26-16(2)20(23)25/h1,5-8,16H,4,9-15H2,2H3/t16-/m0/s1. The van der Waals surface area contributed by atoms with E-state index in [0.29, 0.717) is 31.8 Å². The molecule has 0 radical (unpaired) electrons. The van der Waals surface area contributed by atoms with Gasteiger partial charge in [-0.05, 0) is 19.1 Å². The first kappa shape index (κ1) is 18.3. The van der Waals surface area contributed by atoms with Gasteiger partial charge in [0.2, 0.25) is 5.91 Å². The number of fused-ring (bicyclic) bond motifs is 1. The van der Waals surface area contributed by atoms with Crippen molar-refractivity contribution in [1.29, 1.82) is 0 Å². The van der Waals surface area contributed by atoms with Crippen molar-refractivity contribution < 1.29 is 14.3 Å². The highest BCUT2D eigenvalue weighted by molar-refractivity contribution is 6.00. The van der Waals surface area contributed by atoms with E-state index in [4.69, 9.17) is 11.2 Å². The van der Waals surface area contributed by atoms with Crippen molar-refractivity contribution in [1.82, 2.24) is 9.80 Å². The lowest BCUT2D eigenvalue weighted by molar-refractivity contribution is -0.132. The Morgan fingerprint density at radius 2 is 1.96 bits per heavy atom. The molecule has 6 nitrogen and oxygen atoms in total. The molecule has 1 atom stereocenters. The second-order valence-corrected chi connectivity index (χ2v) is 6.64. The van der Waals surface area contributed by atoms with Crippen LogP contribution < -0.4 is 9.64 Å². The summed E-state index contributed by atoms with van der Waals surface area (Å²) < 4.78 is 5.64. The summed E-state index contributed by atoms with van der Waals surface area (Å²) in [7, 11) is 0. The molecule has 0 bridgehead atoms. The van der Waals surface area contributed by atoms with Crippen LogP contribution in [0.3, 0.4) is 0 Å². The molecule has 6 heteroatoms. The fourth-order valence-corrected chi connectivity index (χ4v) is 3.40. The van der Waals surface area contributed by atoms with Gasteiger partial charge >= 0.3 is 0 Å². The Kier molecular flexibility index (Phi) is 5.79. The van der Waals surface area contributed by atoms with Gasteiger partial charge in [-0.25, -0.2) is 0 Å². The van der Waals surface area contributed by atoms with E-state index in [1.54, 1.807) is 11.8 Å². The predicted molar refractivity (Wildman–Crippen MR) is 100.0 cm³/mol. The maximum atomic E-state index is 12.6. The summed E-state index contributed by atoms with van der Waals surface area (Å²) in [5, 5.41) is 0. The van der Waals surface area contributed by atoms with Gasteiger partial charge in [0.1, 0.15) is 5.75 Å². The molecular formula is C20H25N3O3. The van der Waals surface area contributed by atoms with Gasteiger partial charge in [0.15, 0.2) is 6.10 Å². The average molecular weight is 355 g/mol. The van der Waals surface area contributed by atoms with Crippen LogP contribution in [0.2, 0.25) is 0 Å². The van der Waals surface area contributed by atoms with E-state index >= 15 is 0 Å². The molecule has 2 aliphatic heterocycles. The number of benzene rings is 1. The monoisotopic (exact) mass is 355 g/mol. The zero-order chi connectivity index (χ0) is 18.5. The number of carbonyl (C=O) groups excluding carboxylic acids is 2. The van der Waals surface area contributed by atoms with Crippen molar-refractivity contribution in [3.63, 3.8) is 0 Å². The van der Waals surface area contributed by atoms with Crippen LogP contribution in [0.4, 0.5) is 5.69 Å². The lowest BCUT2D eigenvalue weighted by Crippen LogP contribution is -2.50. The molecule has 0 spiro atoms. The number of anilines is 1. The number of hydrogen-bond donors (Lipinski definition) is 0. The molecule has 1 aromatic rings.